The minimum absolute atomic E-state index is 0.102. The van der Waals surface area contributed by atoms with Gasteiger partial charge in [-0.15, -0.1) is 0 Å². The Morgan fingerprint density at radius 3 is 2.41 bits per heavy atom. The van der Waals surface area contributed by atoms with E-state index >= 15 is 0 Å². The molecule has 0 saturated carbocycles. The lowest BCUT2D eigenvalue weighted by Gasteiger charge is -2.31. The van der Waals surface area contributed by atoms with Crippen molar-refractivity contribution in [3.63, 3.8) is 0 Å². The third kappa shape index (κ3) is 7.46. The molecule has 2 aromatic rings. The van der Waals surface area contributed by atoms with Crippen LogP contribution in [0.15, 0.2) is 42.5 Å². The molecule has 0 radical (unpaired) electrons. The van der Waals surface area contributed by atoms with Crippen molar-refractivity contribution in [2.24, 2.45) is 0 Å². The van der Waals surface area contributed by atoms with E-state index in [0.29, 0.717) is 30.1 Å². The Labute approximate surface area is 208 Å². The first-order valence-electron chi connectivity index (χ1n) is 11.3. The Bertz CT molecular complexity index is 1120. The van der Waals surface area contributed by atoms with Gasteiger partial charge in [-0.3, -0.25) is 13.9 Å². The van der Waals surface area contributed by atoms with Crippen LogP contribution in [0.2, 0.25) is 5.02 Å². The number of anilines is 1. The van der Waals surface area contributed by atoms with Crippen LogP contribution in [0.25, 0.3) is 0 Å². The van der Waals surface area contributed by atoms with Crippen LogP contribution in [0, 0.1) is 13.8 Å². The van der Waals surface area contributed by atoms with Crippen molar-refractivity contribution >= 4 is 39.1 Å². The van der Waals surface area contributed by atoms with Gasteiger partial charge in [-0.2, -0.15) is 0 Å². The molecule has 2 amide bonds. The Morgan fingerprint density at radius 1 is 1.12 bits per heavy atom. The molecule has 2 aromatic carbocycles. The van der Waals surface area contributed by atoms with E-state index in [1.165, 1.54) is 4.31 Å². The Hall–Kier alpha value is -2.58. The fourth-order valence-electron chi connectivity index (χ4n) is 3.93. The van der Waals surface area contributed by atoms with Crippen molar-refractivity contribution < 1.29 is 18.0 Å². The van der Waals surface area contributed by atoms with Gasteiger partial charge in [0.1, 0.15) is 6.04 Å². The number of carbonyl (C=O) groups excluding carboxylic acids is 2. The van der Waals surface area contributed by atoms with E-state index in [0.717, 1.165) is 22.9 Å². The molecule has 0 aromatic heterocycles. The number of benzene rings is 2. The van der Waals surface area contributed by atoms with Crippen molar-refractivity contribution in [1.82, 2.24) is 10.2 Å². The van der Waals surface area contributed by atoms with Crippen LogP contribution in [0.5, 0.6) is 0 Å². The number of amides is 2. The van der Waals surface area contributed by atoms with Crippen LogP contribution in [0.4, 0.5) is 5.69 Å². The smallest absolute Gasteiger partial charge is 0.242 e. The topological polar surface area (TPSA) is 86.8 Å². The van der Waals surface area contributed by atoms with E-state index in [-0.39, 0.29) is 24.8 Å². The lowest BCUT2D eigenvalue weighted by atomic mass is 10.1. The van der Waals surface area contributed by atoms with E-state index < -0.39 is 16.1 Å². The second-order valence-electron chi connectivity index (χ2n) is 8.42. The van der Waals surface area contributed by atoms with Gasteiger partial charge in [0, 0.05) is 31.6 Å². The average Bonchev–Trinajstić information content (AvgIpc) is 2.77. The first-order valence-corrected chi connectivity index (χ1v) is 13.5. The van der Waals surface area contributed by atoms with Gasteiger partial charge in [-0.25, -0.2) is 8.42 Å². The molecular formula is C25H34ClN3O4S. The summed E-state index contributed by atoms with van der Waals surface area (Å²) in [7, 11) is -2.03. The van der Waals surface area contributed by atoms with Gasteiger partial charge in [-0.05, 0) is 49.9 Å². The highest BCUT2D eigenvalue weighted by atomic mass is 35.5. The summed E-state index contributed by atoms with van der Waals surface area (Å²) in [5.41, 5.74) is 3.27. The Kier molecular flexibility index (Phi) is 9.94. The number of hydrogen-bond acceptors (Lipinski definition) is 4. The number of hydrogen-bond donors (Lipinski definition) is 1. The zero-order valence-electron chi connectivity index (χ0n) is 20.5. The highest BCUT2D eigenvalue weighted by molar-refractivity contribution is 7.92. The lowest BCUT2D eigenvalue weighted by Crippen LogP contribution is -2.48. The van der Waals surface area contributed by atoms with Crippen molar-refractivity contribution in [2.45, 2.75) is 52.6 Å². The maximum absolute atomic E-state index is 13.3. The third-order valence-electron chi connectivity index (χ3n) is 5.66. The summed E-state index contributed by atoms with van der Waals surface area (Å²) in [5.74, 6) is -0.427. The number of sulfonamides is 1. The zero-order valence-corrected chi connectivity index (χ0v) is 22.0. The number of likely N-dealkylation sites (N-methyl/N-ethyl adjacent to an activating group) is 1. The summed E-state index contributed by atoms with van der Waals surface area (Å²) in [6, 6.07) is 12.3. The van der Waals surface area contributed by atoms with E-state index in [4.69, 9.17) is 11.6 Å². The Morgan fingerprint density at radius 2 is 1.82 bits per heavy atom. The fraction of sp³-hybridized carbons (Fsp3) is 0.440. The monoisotopic (exact) mass is 507 g/mol. The molecule has 0 bridgehead atoms. The minimum Gasteiger partial charge on any atom is -0.357 e. The van der Waals surface area contributed by atoms with Crippen LogP contribution in [-0.4, -0.2) is 51.0 Å². The van der Waals surface area contributed by atoms with E-state index in [2.05, 4.69) is 5.32 Å². The SMILES string of the molecule is CCC(C(=O)NC)N(Cc1cccc(C)c1)C(=O)CCCN(c1cc(Cl)ccc1C)S(C)(=O)=O. The first-order chi connectivity index (χ1) is 16.0. The van der Waals surface area contributed by atoms with Crippen molar-refractivity contribution in [3.8, 4) is 0 Å². The van der Waals surface area contributed by atoms with Gasteiger partial charge >= 0.3 is 0 Å². The lowest BCUT2D eigenvalue weighted by molar-refractivity contribution is -0.141. The van der Waals surface area contributed by atoms with E-state index in [1.807, 2.05) is 45.0 Å². The molecule has 1 atom stereocenters. The first kappa shape index (κ1) is 27.7. The summed E-state index contributed by atoms with van der Waals surface area (Å²) in [6.07, 6.45) is 2.00. The number of rotatable bonds is 11. The molecule has 0 spiro atoms. The quantitative estimate of drug-likeness (QED) is 0.497. The normalized spacial score (nSPS) is 12.2. The van der Waals surface area contributed by atoms with Crippen molar-refractivity contribution in [2.75, 3.05) is 24.2 Å². The Balaban J connectivity index is 2.22. The molecule has 0 aliphatic rings. The molecule has 1 unspecified atom stereocenters. The maximum atomic E-state index is 13.3. The number of carbonyl (C=O) groups is 2. The van der Waals surface area contributed by atoms with E-state index in [1.54, 1.807) is 30.1 Å². The number of nitrogens with zero attached hydrogens (tertiary/aromatic N) is 2. The molecule has 1 N–H and O–H groups in total. The molecule has 0 heterocycles. The average molecular weight is 508 g/mol. The predicted octanol–water partition coefficient (Wildman–Crippen LogP) is 4.06. The largest absolute Gasteiger partial charge is 0.357 e. The fourth-order valence-corrected chi connectivity index (χ4v) is 5.11. The second-order valence-corrected chi connectivity index (χ2v) is 10.8. The number of halogens is 1. The summed E-state index contributed by atoms with van der Waals surface area (Å²) >= 11 is 6.10. The minimum atomic E-state index is -3.58. The number of nitrogens with one attached hydrogen (secondary N) is 1. The predicted molar refractivity (Wildman–Crippen MR) is 137 cm³/mol. The van der Waals surface area contributed by atoms with Crippen molar-refractivity contribution in [1.29, 1.82) is 0 Å². The number of aryl methyl sites for hydroxylation is 2. The van der Waals surface area contributed by atoms with Crippen LogP contribution in [-0.2, 0) is 26.2 Å². The van der Waals surface area contributed by atoms with Crippen molar-refractivity contribution in [3.05, 3.63) is 64.2 Å². The van der Waals surface area contributed by atoms with Gasteiger partial charge < -0.3 is 10.2 Å². The molecule has 0 saturated heterocycles. The molecule has 186 valence electrons. The summed E-state index contributed by atoms with van der Waals surface area (Å²) in [6.45, 7) is 6.08. The van der Waals surface area contributed by atoms with Crippen LogP contribution >= 0.6 is 11.6 Å². The molecule has 0 fully saturated rings. The molecule has 2 rings (SSSR count). The zero-order chi connectivity index (χ0) is 25.5. The third-order valence-corrected chi connectivity index (χ3v) is 7.07. The summed E-state index contributed by atoms with van der Waals surface area (Å²) in [5, 5.41) is 3.08. The highest BCUT2D eigenvalue weighted by Gasteiger charge is 2.28. The van der Waals surface area contributed by atoms with Gasteiger partial charge in [0.05, 0.1) is 11.9 Å². The highest BCUT2D eigenvalue weighted by Crippen LogP contribution is 2.27. The van der Waals surface area contributed by atoms with Gasteiger partial charge in [0.2, 0.25) is 21.8 Å². The van der Waals surface area contributed by atoms with Gasteiger partial charge in [-0.1, -0.05) is 54.4 Å². The van der Waals surface area contributed by atoms with Gasteiger partial charge in [0.15, 0.2) is 0 Å². The second kappa shape index (κ2) is 12.2. The van der Waals surface area contributed by atoms with Crippen LogP contribution in [0.1, 0.15) is 42.9 Å². The molecule has 0 aliphatic carbocycles. The molecule has 34 heavy (non-hydrogen) atoms. The molecule has 9 heteroatoms. The molecule has 7 nitrogen and oxygen atoms in total. The van der Waals surface area contributed by atoms with Gasteiger partial charge in [0.25, 0.3) is 0 Å². The van der Waals surface area contributed by atoms with E-state index in [9.17, 15) is 18.0 Å². The van der Waals surface area contributed by atoms with Crippen LogP contribution < -0.4 is 9.62 Å². The summed E-state index contributed by atoms with van der Waals surface area (Å²) in [4.78, 5) is 27.4. The molecular weight excluding hydrogens is 474 g/mol. The molecule has 0 aliphatic heterocycles. The van der Waals surface area contributed by atoms with Crippen LogP contribution in [0.3, 0.4) is 0 Å². The standard InChI is InChI=1S/C25H34ClN3O4S/c1-6-22(25(31)27-4)28(17-20-10-7-9-18(2)15-20)24(30)11-8-14-29(34(5,32)33)23-16-21(26)13-12-19(23)3/h7,9-10,12-13,15-16,22H,6,8,11,14,17H2,1-5H3,(H,27,31). The maximum Gasteiger partial charge on any atom is 0.242 e. The summed E-state index contributed by atoms with van der Waals surface area (Å²) < 4.78 is 26.3.